The van der Waals surface area contributed by atoms with Crippen molar-refractivity contribution in [2.45, 2.75) is 19.4 Å². The predicted octanol–water partition coefficient (Wildman–Crippen LogP) is -0.479. The molecule has 52 valence electrons. The molecule has 0 aliphatic rings. The number of nitrogens with two attached hydrogens (primary N) is 1. The third-order valence-corrected chi connectivity index (χ3v) is 0.960. The summed E-state index contributed by atoms with van der Waals surface area (Å²) >= 11 is 0. The Balaban J connectivity index is 3.67. The van der Waals surface area contributed by atoms with Crippen LogP contribution >= 0.6 is 0 Å². The van der Waals surface area contributed by atoms with Crippen molar-refractivity contribution in [3.8, 4) is 0 Å². The molecule has 0 bridgehead atoms. The van der Waals surface area contributed by atoms with Crippen LogP contribution in [0.3, 0.4) is 0 Å². The SMILES string of the molecule is CC[C@H](NN=O)C(N)=O. The summed E-state index contributed by atoms with van der Waals surface area (Å²) in [5.74, 6) is -0.558. The summed E-state index contributed by atoms with van der Waals surface area (Å²) in [5, 5.41) is 2.33. The first kappa shape index (κ1) is 7.87. The van der Waals surface area contributed by atoms with E-state index in [0.717, 1.165) is 0 Å². The second-order valence-electron chi connectivity index (χ2n) is 1.58. The van der Waals surface area contributed by atoms with Crippen molar-refractivity contribution < 1.29 is 4.79 Å². The fraction of sp³-hybridized carbons (Fsp3) is 0.750. The second-order valence-corrected chi connectivity index (χ2v) is 1.58. The lowest BCUT2D eigenvalue weighted by Gasteiger charge is -2.05. The predicted molar refractivity (Wildman–Crippen MR) is 32.2 cm³/mol. The highest BCUT2D eigenvalue weighted by Crippen LogP contribution is 1.87. The van der Waals surface area contributed by atoms with Crippen LogP contribution in [0.25, 0.3) is 0 Å². The minimum absolute atomic E-state index is 0.473. The van der Waals surface area contributed by atoms with Crippen LogP contribution in [-0.4, -0.2) is 11.9 Å². The number of hydrogen-bond acceptors (Lipinski definition) is 3. The Bertz CT molecular complexity index is 114. The number of hydrogen-bond donors (Lipinski definition) is 2. The van der Waals surface area contributed by atoms with Crippen molar-refractivity contribution in [2.75, 3.05) is 0 Å². The van der Waals surface area contributed by atoms with Gasteiger partial charge in [0.15, 0.2) is 0 Å². The molecule has 1 atom stereocenters. The van der Waals surface area contributed by atoms with Crippen molar-refractivity contribution in [3.63, 3.8) is 0 Å². The normalized spacial score (nSPS) is 12.1. The van der Waals surface area contributed by atoms with Gasteiger partial charge in [-0.3, -0.25) is 10.2 Å². The fourth-order valence-electron chi connectivity index (χ4n) is 0.420. The minimum Gasteiger partial charge on any atom is -0.368 e. The Morgan fingerprint density at radius 1 is 1.89 bits per heavy atom. The van der Waals surface area contributed by atoms with E-state index in [1.165, 1.54) is 0 Å². The molecule has 5 heteroatoms. The summed E-state index contributed by atoms with van der Waals surface area (Å²) in [6.07, 6.45) is 0.473. The van der Waals surface area contributed by atoms with Crippen LogP contribution in [-0.2, 0) is 4.79 Å². The largest absolute Gasteiger partial charge is 0.368 e. The molecule has 0 fully saturated rings. The standard InChI is InChI=1S/C4H9N3O2/c1-2-3(4(5)8)6-7-9/h3H,2H2,1H3,(H2,5,8)(H,6,9)/t3-/m0/s1. The van der Waals surface area contributed by atoms with Gasteiger partial charge in [0, 0.05) is 0 Å². The molecule has 1 amide bonds. The average molecular weight is 131 g/mol. The van der Waals surface area contributed by atoms with E-state index < -0.39 is 11.9 Å². The molecule has 0 unspecified atom stereocenters. The van der Waals surface area contributed by atoms with Gasteiger partial charge in [0.2, 0.25) is 5.91 Å². The number of carbonyl (C=O) groups is 1. The fourth-order valence-corrected chi connectivity index (χ4v) is 0.420. The van der Waals surface area contributed by atoms with Gasteiger partial charge in [-0.1, -0.05) is 6.92 Å². The lowest BCUT2D eigenvalue weighted by atomic mass is 10.2. The Hall–Kier alpha value is -1.13. The summed E-state index contributed by atoms with van der Waals surface area (Å²) in [4.78, 5) is 19.8. The lowest BCUT2D eigenvalue weighted by molar-refractivity contribution is -0.120. The van der Waals surface area contributed by atoms with Gasteiger partial charge in [0.25, 0.3) is 0 Å². The van der Waals surface area contributed by atoms with Gasteiger partial charge in [-0.25, -0.2) is 0 Å². The molecule has 0 aliphatic heterocycles. The summed E-state index contributed by atoms with van der Waals surface area (Å²) in [6.45, 7) is 1.73. The zero-order valence-corrected chi connectivity index (χ0v) is 5.13. The van der Waals surface area contributed by atoms with E-state index in [4.69, 9.17) is 5.73 Å². The second kappa shape index (κ2) is 3.82. The van der Waals surface area contributed by atoms with Gasteiger partial charge < -0.3 is 5.73 Å². The zero-order valence-electron chi connectivity index (χ0n) is 5.13. The molecule has 0 aromatic heterocycles. The first-order valence-corrected chi connectivity index (χ1v) is 2.59. The molecule has 0 spiro atoms. The van der Waals surface area contributed by atoms with Crippen molar-refractivity contribution >= 4 is 5.91 Å². The summed E-state index contributed by atoms with van der Waals surface area (Å²) in [5.41, 5.74) is 6.86. The highest BCUT2D eigenvalue weighted by molar-refractivity contribution is 5.79. The van der Waals surface area contributed by atoms with Crippen LogP contribution in [0.5, 0.6) is 0 Å². The number of nitrogens with zero attached hydrogens (tertiary/aromatic N) is 1. The van der Waals surface area contributed by atoms with E-state index in [1.54, 1.807) is 6.92 Å². The first-order valence-electron chi connectivity index (χ1n) is 2.59. The Kier molecular flexibility index (Phi) is 3.34. The number of nitroso groups, excluding NO2 is 1. The van der Waals surface area contributed by atoms with Crippen LogP contribution in [0.4, 0.5) is 0 Å². The van der Waals surface area contributed by atoms with Crippen LogP contribution < -0.4 is 11.2 Å². The van der Waals surface area contributed by atoms with Crippen molar-refractivity contribution in [2.24, 2.45) is 11.0 Å². The molecule has 0 aromatic rings. The molecule has 3 N–H and O–H groups in total. The van der Waals surface area contributed by atoms with Gasteiger partial charge in [0.1, 0.15) is 6.04 Å². The molecule has 5 nitrogen and oxygen atoms in total. The highest BCUT2D eigenvalue weighted by Gasteiger charge is 2.10. The van der Waals surface area contributed by atoms with Gasteiger partial charge in [0.05, 0.1) is 5.29 Å². The van der Waals surface area contributed by atoms with Crippen molar-refractivity contribution in [1.29, 1.82) is 0 Å². The summed E-state index contributed by atoms with van der Waals surface area (Å²) < 4.78 is 0. The molecule has 9 heavy (non-hydrogen) atoms. The van der Waals surface area contributed by atoms with Crippen LogP contribution in [0.2, 0.25) is 0 Å². The van der Waals surface area contributed by atoms with Crippen LogP contribution in [0, 0.1) is 4.91 Å². The van der Waals surface area contributed by atoms with Gasteiger partial charge in [-0.15, -0.1) is 4.91 Å². The summed E-state index contributed by atoms with van der Waals surface area (Å²) in [6, 6.07) is -0.623. The highest BCUT2D eigenvalue weighted by atomic mass is 16.3. The molecular formula is C4H9N3O2. The number of amides is 1. The molecule has 0 radical (unpaired) electrons. The molecule has 0 aromatic carbocycles. The number of carbonyl (C=O) groups excluding carboxylic acids is 1. The quantitative estimate of drug-likeness (QED) is 0.399. The molecule has 0 saturated carbocycles. The van der Waals surface area contributed by atoms with Gasteiger partial charge in [-0.2, -0.15) is 0 Å². The maximum absolute atomic E-state index is 10.3. The van der Waals surface area contributed by atoms with E-state index in [9.17, 15) is 9.70 Å². The average Bonchev–Trinajstić information content (AvgIpc) is 1.82. The van der Waals surface area contributed by atoms with Crippen molar-refractivity contribution in [3.05, 3.63) is 4.91 Å². The zero-order chi connectivity index (χ0) is 7.28. The molecular weight excluding hydrogens is 122 g/mol. The number of nitrogens with one attached hydrogen (secondary N) is 1. The maximum Gasteiger partial charge on any atom is 0.241 e. The molecule has 0 heterocycles. The van der Waals surface area contributed by atoms with E-state index in [2.05, 4.69) is 5.29 Å². The van der Waals surface area contributed by atoms with E-state index >= 15 is 0 Å². The smallest absolute Gasteiger partial charge is 0.241 e. The summed E-state index contributed by atoms with van der Waals surface area (Å²) in [7, 11) is 0. The molecule has 0 aliphatic carbocycles. The Morgan fingerprint density at radius 2 is 2.44 bits per heavy atom. The molecule has 0 saturated heterocycles. The molecule has 0 rings (SSSR count). The minimum atomic E-state index is -0.623. The van der Waals surface area contributed by atoms with Crippen LogP contribution in [0.1, 0.15) is 13.3 Å². The monoisotopic (exact) mass is 131 g/mol. The van der Waals surface area contributed by atoms with Crippen molar-refractivity contribution in [1.82, 2.24) is 5.43 Å². The van der Waals surface area contributed by atoms with E-state index in [1.807, 2.05) is 5.43 Å². The number of rotatable bonds is 4. The first-order chi connectivity index (χ1) is 4.22. The maximum atomic E-state index is 10.3. The third-order valence-electron chi connectivity index (χ3n) is 0.960. The van der Waals surface area contributed by atoms with E-state index in [0.29, 0.717) is 6.42 Å². The van der Waals surface area contributed by atoms with Gasteiger partial charge >= 0.3 is 0 Å². The lowest BCUT2D eigenvalue weighted by Crippen LogP contribution is -2.37. The topological polar surface area (TPSA) is 84.6 Å². The Morgan fingerprint density at radius 3 is 2.56 bits per heavy atom. The third kappa shape index (κ3) is 2.63. The Labute approximate surface area is 52.6 Å². The van der Waals surface area contributed by atoms with Gasteiger partial charge in [-0.05, 0) is 6.42 Å². The van der Waals surface area contributed by atoms with Crippen LogP contribution in [0.15, 0.2) is 5.29 Å². The van der Waals surface area contributed by atoms with E-state index in [-0.39, 0.29) is 0 Å². The number of primary amides is 1.